The number of amidine groups is 1. The van der Waals surface area contributed by atoms with E-state index in [0.717, 1.165) is 39.9 Å². The summed E-state index contributed by atoms with van der Waals surface area (Å²) in [5.41, 5.74) is 3.97. The maximum absolute atomic E-state index is 6.03. The van der Waals surface area contributed by atoms with Crippen molar-refractivity contribution in [2.45, 2.75) is 0 Å². The Morgan fingerprint density at radius 1 is 0.625 bits per heavy atom. The summed E-state index contributed by atoms with van der Waals surface area (Å²) in [4.78, 5) is 2.16. The molecule has 0 radical (unpaired) electrons. The van der Waals surface area contributed by atoms with Crippen molar-refractivity contribution in [1.29, 1.82) is 0 Å². The van der Waals surface area contributed by atoms with E-state index in [9.17, 15) is 0 Å². The number of hydrazone groups is 1. The molecule has 0 fully saturated rings. The summed E-state index contributed by atoms with van der Waals surface area (Å²) in [6.07, 6.45) is 0. The lowest BCUT2D eigenvalue weighted by atomic mass is 10.1. The molecule has 0 unspecified atom stereocenters. The van der Waals surface area contributed by atoms with Crippen LogP contribution in [-0.4, -0.2) is 12.9 Å². The van der Waals surface area contributed by atoms with Crippen LogP contribution >= 0.6 is 0 Å². The van der Waals surface area contributed by atoms with Gasteiger partial charge in [-0.15, -0.1) is 5.10 Å². The zero-order valence-electron chi connectivity index (χ0n) is 17.8. The first-order valence-corrected chi connectivity index (χ1v) is 10.5. The average Bonchev–Trinajstić information content (AvgIpc) is 3.27. The number of anilines is 2. The zero-order valence-corrected chi connectivity index (χ0v) is 17.8. The fourth-order valence-electron chi connectivity index (χ4n) is 3.85. The number of para-hydroxylation sites is 2. The molecular formula is C28H23N3O. The minimum absolute atomic E-state index is 0.744. The average molecular weight is 418 g/mol. The first-order valence-electron chi connectivity index (χ1n) is 10.5. The van der Waals surface area contributed by atoms with Crippen molar-refractivity contribution < 1.29 is 4.74 Å². The first-order chi connectivity index (χ1) is 15.9. The SMILES string of the molecule is CO/C(=C1/N(c2ccccc2)N=C(c2ccccc2)N1c1ccccc1)c1ccccc1. The second-order valence-electron chi connectivity index (χ2n) is 7.33. The molecule has 4 aromatic rings. The molecule has 0 amide bonds. The van der Waals surface area contributed by atoms with E-state index < -0.39 is 0 Å². The lowest BCUT2D eigenvalue weighted by Crippen LogP contribution is -2.31. The van der Waals surface area contributed by atoms with Gasteiger partial charge < -0.3 is 4.74 Å². The van der Waals surface area contributed by atoms with Gasteiger partial charge in [0.25, 0.3) is 0 Å². The molecule has 0 N–H and O–H groups in total. The third-order valence-corrected chi connectivity index (χ3v) is 5.31. The highest BCUT2D eigenvalue weighted by Crippen LogP contribution is 2.38. The molecule has 0 aliphatic carbocycles. The van der Waals surface area contributed by atoms with Gasteiger partial charge in [0.05, 0.1) is 12.8 Å². The van der Waals surface area contributed by atoms with E-state index in [4.69, 9.17) is 9.84 Å². The van der Waals surface area contributed by atoms with Crippen LogP contribution in [0.15, 0.2) is 132 Å². The van der Waals surface area contributed by atoms with Crippen LogP contribution in [0.2, 0.25) is 0 Å². The van der Waals surface area contributed by atoms with Crippen LogP contribution in [0, 0.1) is 0 Å². The molecule has 0 saturated carbocycles. The summed E-state index contributed by atoms with van der Waals surface area (Å²) < 4.78 is 6.03. The number of ether oxygens (including phenoxy) is 1. The molecule has 4 nitrogen and oxygen atoms in total. The van der Waals surface area contributed by atoms with Crippen molar-refractivity contribution in [3.63, 3.8) is 0 Å². The molecule has 4 aromatic carbocycles. The first kappa shape index (κ1) is 19.6. The Morgan fingerprint density at radius 3 is 1.69 bits per heavy atom. The Balaban J connectivity index is 1.80. The smallest absolute Gasteiger partial charge is 0.184 e. The van der Waals surface area contributed by atoms with E-state index >= 15 is 0 Å². The number of nitrogens with zero attached hydrogens (tertiary/aromatic N) is 3. The van der Waals surface area contributed by atoms with Gasteiger partial charge in [0, 0.05) is 16.8 Å². The summed E-state index contributed by atoms with van der Waals surface area (Å²) in [6, 6.07) is 40.8. The Bertz CT molecular complexity index is 1240. The quantitative estimate of drug-likeness (QED) is 0.354. The molecule has 5 rings (SSSR count). The summed E-state index contributed by atoms with van der Waals surface area (Å²) in [5.74, 6) is 2.42. The fourth-order valence-corrected chi connectivity index (χ4v) is 3.85. The van der Waals surface area contributed by atoms with Gasteiger partial charge in [-0.05, 0) is 24.3 Å². The minimum atomic E-state index is 0.744. The van der Waals surface area contributed by atoms with Crippen LogP contribution in [-0.2, 0) is 4.74 Å². The lowest BCUT2D eigenvalue weighted by Gasteiger charge is -2.27. The van der Waals surface area contributed by atoms with E-state index in [-0.39, 0.29) is 0 Å². The highest BCUT2D eigenvalue weighted by Gasteiger charge is 2.36. The Labute approximate surface area is 188 Å². The predicted octanol–water partition coefficient (Wildman–Crippen LogP) is 6.35. The third kappa shape index (κ3) is 3.63. The van der Waals surface area contributed by atoms with Crippen molar-refractivity contribution in [2.24, 2.45) is 5.10 Å². The van der Waals surface area contributed by atoms with E-state index in [1.54, 1.807) is 7.11 Å². The van der Waals surface area contributed by atoms with Crippen molar-refractivity contribution in [3.05, 3.63) is 138 Å². The normalized spacial score (nSPS) is 14.8. The van der Waals surface area contributed by atoms with Crippen molar-refractivity contribution in [3.8, 4) is 0 Å². The van der Waals surface area contributed by atoms with Crippen molar-refractivity contribution >= 4 is 23.0 Å². The number of hydrogen-bond donors (Lipinski definition) is 0. The van der Waals surface area contributed by atoms with E-state index in [1.807, 2.05) is 77.8 Å². The largest absolute Gasteiger partial charge is 0.492 e. The zero-order chi connectivity index (χ0) is 21.8. The Kier molecular flexibility index (Phi) is 5.41. The summed E-state index contributed by atoms with van der Waals surface area (Å²) in [6.45, 7) is 0. The van der Waals surface area contributed by atoms with Crippen LogP contribution < -0.4 is 9.91 Å². The number of rotatable bonds is 5. The highest BCUT2D eigenvalue weighted by molar-refractivity contribution is 6.16. The third-order valence-electron chi connectivity index (χ3n) is 5.31. The predicted molar refractivity (Wildman–Crippen MR) is 131 cm³/mol. The minimum Gasteiger partial charge on any atom is -0.492 e. The van der Waals surface area contributed by atoms with Gasteiger partial charge in [0.15, 0.2) is 17.4 Å². The molecule has 0 bridgehead atoms. The van der Waals surface area contributed by atoms with Crippen LogP contribution in [0.1, 0.15) is 11.1 Å². The molecule has 1 aliphatic heterocycles. The maximum Gasteiger partial charge on any atom is 0.184 e. The van der Waals surface area contributed by atoms with Gasteiger partial charge >= 0.3 is 0 Å². The summed E-state index contributed by atoms with van der Waals surface area (Å²) >= 11 is 0. The second-order valence-corrected chi connectivity index (χ2v) is 7.33. The molecule has 156 valence electrons. The molecule has 0 spiro atoms. The standard InChI is InChI=1S/C28H23N3O/c1-32-26(22-14-6-2-7-15-22)28-30(24-18-10-4-11-19-24)27(23-16-8-3-9-17-23)29-31(28)25-20-12-5-13-21-25/h2-21H,1H3/b28-26+. The van der Waals surface area contributed by atoms with Gasteiger partial charge in [-0.2, -0.15) is 0 Å². The fraction of sp³-hybridized carbons (Fsp3) is 0.0357. The lowest BCUT2D eigenvalue weighted by molar-refractivity contribution is 0.365. The maximum atomic E-state index is 6.03. The van der Waals surface area contributed by atoms with Crippen LogP contribution in [0.3, 0.4) is 0 Å². The van der Waals surface area contributed by atoms with E-state index in [0.29, 0.717) is 0 Å². The number of methoxy groups -OCH3 is 1. The van der Waals surface area contributed by atoms with Crippen molar-refractivity contribution in [2.75, 3.05) is 17.0 Å². The molecular weight excluding hydrogens is 394 g/mol. The van der Waals surface area contributed by atoms with Crippen LogP contribution in [0.4, 0.5) is 11.4 Å². The summed E-state index contributed by atoms with van der Waals surface area (Å²) in [7, 11) is 1.71. The Hall–Kier alpha value is -4.31. The molecule has 0 atom stereocenters. The molecule has 1 heterocycles. The number of benzene rings is 4. The van der Waals surface area contributed by atoms with Gasteiger partial charge in [0.2, 0.25) is 0 Å². The van der Waals surface area contributed by atoms with E-state index in [1.165, 1.54) is 0 Å². The molecule has 0 saturated heterocycles. The molecule has 0 aromatic heterocycles. The molecule has 1 aliphatic rings. The van der Waals surface area contributed by atoms with Crippen LogP contribution in [0.5, 0.6) is 0 Å². The van der Waals surface area contributed by atoms with Gasteiger partial charge in [-0.25, -0.2) is 5.01 Å². The molecule has 32 heavy (non-hydrogen) atoms. The van der Waals surface area contributed by atoms with Crippen molar-refractivity contribution in [1.82, 2.24) is 0 Å². The number of hydrogen-bond acceptors (Lipinski definition) is 4. The van der Waals surface area contributed by atoms with Gasteiger partial charge in [-0.3, -0.25) is 4.90 Å². The summed E-state index contributed by atoms with van der Waals surface area (Å²) in [5, 5.41) is 7.06. The molecule has 4 heteroatoms. The van der Waals surface area contributed by atoms with E-state index in [2.05, 4.69) is 53.4 Å². The van der Waals surface area contributed by atoms with Gasteiger partial charge in [-0.1, -0.05) is 97.1 Å². The topological polar surface area (TPSA) is 28.1 Å². The highest BCUT2D eigenvalue weighted by atomic mass is 16.5. The Morgan fingerprint density at radius 2 is 1.12 bits per heavy atom. The monoisotopic (exact) mass is 417 g/mol. The van der Waals surface area contributed by atoms with Gasteiger partial charge in [0.1, 0.15) is 0 Å². The second kappa shape index (κ2) is 8.82. The van der Waals surface area contributed by atoms with Crippen LogP contribution in [0.25, 0.3) is 5.76 Å².